The van der Waals surface area contributed by atoms with Crippen LogP contribution in [0.25, 0.3) is 10.9 Å². The molecule has 7 rings (SSSR count). The molecule has 30 N–H and O–H groups in total. The van der Waals surface area contributed by atoms with Gasteiger partial charge in [-0.3, -0.25) is 81.5 Å². The number of nitrogens with two attached hydrogens (primary N) is 4. The number of para-hydroxylation sites is 1. The molecule has 15 amide bonds. The number of H-pyrrole nitrogens is 1. The number of phenolic OH excluding ortho intramolecular Hbond substituents is 1. The predicted molar refractivity (Wildman–Crippen MR) is 495 cm³/mol. The first-order chi connectivity index (χ1) is 64.1. The van der Waals surface area contributed by atoms with Gasteiger partial charge in [0.1, 0.15) is 84.3 Å². The van der Waals surface area contributed by atoms with Gasteiger partial charge in [0, 0.05) is 68.1 Å². The summed E-state index contributed by atoms with van der Waals surface area (Å²) in [5.74, 6) is -20.9. The van der Waals surface area contributed by atoms with Gasteiger partial charge in [0.15, 0.2) is 0 Å². The summed E-state index contributed by atoms with van der Waals surface area (Å²) in [6.45, 7) is 3.76. The number of aliphatic hydroxyl groups excluding tert-OH is 3. The molecule has 0 unspecified atom stereocenters. The van der Waals surface area contributed by atoms with Gasteiger partial charge in [0.25, 0.3) is 11.9 Å². The molecule has 46 heteroatoms. The monoisotopic (exact) mass is 1920 g/mol. The number of rotatable bonds is 30. The average Bonchev–Trinajstić information content (AvgIpc) is 1.63. The number of carbonyl (C=O) groups is 18. The third-order valence-electron chi connectivity index (χ3n) is 20.3. The van der Waals surface area contributed by atoms with Crippen molar-refractivity contribution in [3.8, 4) is 5.75 Å². The van der Waals surface area contributed by atoms with Crippen molar-refractivity contribution < 1.29 is 122 Å². The molecule has 2 heterocycles. The van der Waals surface area contributed by atoms with Crippen molar-refractivity contribution in [1.82, 2.24) is 79.4 Å². The maximum atomic E-state index is 15.5. The Morgan fingerprint density at radius 2 is 0.837 bits per heavy atom. The van der Waals surface area contributed by atoms with Crippen molar-refractivity contribution in [3.05, 3.63) is 174 Å². The Hall–Kier alpha value is -13.6. The molecule has 1 aliphatic heterocycles. The third kappa shape index (κ3) is 40.4. The SMILES string of the molecule is CC(=O)O.CC(=O)O.C[C@H](NC(=O)[C@@H](N)Cc1ccc(O)cc1)C(=O)NCC(=O)N[C@H]1CSSC[C@@H](C(=O)O)NC(=O)[C@H](CO)NC(=O)[C@H]([C@@H](C)O)NC(=O)[C@H](Cc2ccccc2)NC(=O)[C@H]([C@@H](C)O)NC(=O)[C@H](CCCCN)NC(=O)[C@H](Cc2c[nH]c3ccccc23)NC(=O)[C@H](Cc2ccccc2)NC(=O)[C@H](Cc2ccccc2)NC(=O)[C@H](CC(N)=O)NC(=O)[C@H](CCCCN)NC1=O. The van der Waals surface area contributed by atoms with Gasteiger partial charge in [-0.2, -0.15) is 0 Å². The summed E-state index contributed by atoms with van der Waals surface area (Å²) in [6.07, 6.45) is -3.80. The minimum atomic E-state index is -2.01. The van der Waals surface area contributed by atoms with Crippen LogP contribution in [0.3, 0.4) is 0 Å². The Bertz CT molecular complexity index is 4950. The summed E-state index contributed by atoms with van der Waals surface area (Å²) >= 11 is 0. The normalized spacial score (nSPS) is 21.8. The topological polar surface area (TPSA) is 737 Å². The highest BCUT2D eigenvalue weighted by Gasteiger charge is 2.40. The lowest BCUT2D eigenvalue weighted by Crippen LogP contribution is -2.63. The summed E-state index contributed by atoms with van der Waals surface area (Å²) in [5.41, 5.74) is 26.7. The molecule has 1 saturated heterocycles. The van der Waals surface area contributed by atoms with Gasteiger partial charge in [-0.1, -0.05) is 143 Å². The van der Waals surface area contributed by atoms with Gasteiger partial charge in [0.05, 0.1) is 37.8 Å². The van der Waals surface area contributed by atoms with Gasteiger partial charge in [0.2, 0.25) is 88.6 Å². The van der Waals surface area contributed by atoms with E-state index < -0.39 is 234 Å². The van der Waals surface area contributed by atoms with Crippen molar-refractivity contribution >= 4 is 139 Å². The lowest BCUT2D eigenvalue weighted by atomic mass is 10.00. The number of benzene rings is 5. The second kappa shape index (κ2) is 58.4. The van der Waals surface area contributed by atoms with Gasteiger partial charge in [-0.25, -0.2) is 4.79 Å². The molecular weight excluding hydrogens is 1800 g/mol. The summed E-state index contributed by atoms with van der Waals surface area (Å²) < 4.78 is 0. The molecule has 734 valence electrons. The molecule has 1 aliphatic rings. The molecular formula is C89H121N19O25S2. The van der Waals surface area contributed by atoms with E-state index in [-0.39, 0.29) is 83.0 Å². The van der Waals surface area contributed by atoms with Crippen LogP contribution in [0.15, 0.2) is 146 Å². The standard InChI is InChI=1S/C85H113N19O21S2.2C2H4O2/c1-46(92-73(112)56(88)35-52-29-31-54(108)32-30-52)72(111)91-42-69(110)93-66-44-126-127-45-67(85(124)125)102-81(120)65(43-105)101-84(123)71(48(3)107)104-80(119)62(38-51-23-11-6-12-24-51)100-83(122)70(47(2)106)103-75(114)59(28-16-18-34-87)94-78(117)63(39-53-41-90-57-26-14-13-25-55(53)57)98-77(116)61(37-50-21-9-5-10-22-50)96-76(115)60(36-49-19-7-4-8-20-49)97-79(118)64(40-68(89)109)99-74(113)58(95-82(66)121)27-15-17-33-86;2*1-2(3)4/h4-14,19-26,29-32,41,46-48,56,58-67,70-71,90,105-108H,15-18,27-28,33-40,42-45,86-88H2,1-3H3,(H2,89,109)(H,91,111)(H,92,112)(H,93,110)(H,94,117)(H,95,121)(H,96,115)(H,97,118)(H,98,116)(H,99,113)(H,100,122)(H,101,123)(H,102,120)(H,103,114)(H,104,119)(H,124,125);2*1H3,(H,3,4)/t46-,47+,48+,56-,58-,59-,60-,61-,62-,63-,64-,65-,66-,67-,70-,71-;;/m0../s1. The van der Waals surface area contributed by atoms with Crippen molar-refractivity contribution in [2.45, 2.75) is 208 Å². The lowest BCUT2D eigenvalue weighted by Gasteiger charge is -2.29. The van der Waals surface area contributed by atoms with E-state index in [0.717, 1.165) is 38.5 Å². The fourth-order valence-corrected chi connectivity index (χ4v) is 15.6. The van der Waals surface area contributed by atoms with Crippen molar-refractivity contribution in [2.24, 2.45) is 22.9 Å². The number of aromatic hydroxyl groups is 1. The number of fused-ring (bicyclic) bond motifs is 1. The largest absolute Gasteiger partial charge is 0.508 e. The van der Waals surface area contributed by atoms with Crippen molar-refractivity contribution in [1.29, 1.82) is 0 Å². The number of carboxylic acid groups (broad SMARTS) is 3. The van der Waals surface area contributed by atoms with E-state index in [4.69, 9.17) is 42.7 Å². The van der Waals surface area contributed by atoms with Gasteiger partial charge in [-0.05, 0) is 125 Å². The van der Waals surface area contributed by atoms with E-state index in [1.165, 1.54) is 19.1 Å². The zero-order valence-electron chi connectivity index (χ0n) is 74.9. The number of aromatic nitrogens is 1. The van der Waals surface area contributed by atoms with Crippen LogP contribution in [0, 0.1) is 0 Å². The summed E-state index contributed by atoms with van der Waals surface area (Å²) in [7, 11) is 1.41. The molecule has 0 radical (unpaired) electrons. The molecule has 44 nitrogen and oxygen atoms in total. The smallest absolute Gasteiger partial charge is 0.327 e. The van der Waals surface area contributed by atoms with Gasteiger partial charge >= 0.3 is 5.97 Å². The molecule has 16 atom stereocenters. The van der Waals surface area contributed by atoms with Gasteiger partial charge in [-0.15, -0.1) is 0 Å². The van der Waals surface area contributed by atoms with Crippen LogP contribution < -0.4 is 97.4 Å². The second-order valence-corrected chi connectivity index (χ2v) is 34.1. The second-order valence-electron chi connectivity index (χ2n) is 31.5. The van der Waals surface area contributed by atoms with Crippen molar-refractivity contribution in [3.63, 3.8) is 0 Å². The summed E-state index contributed by atoms with van der Waals surface area (Å²) in [6, 6.07) is 13.4. The number of unbranched alkanes of at least 4 members (excludes halogenated alkanes) is 2. The molecule has 5 aromatic carbocycles. The number of primary amides is 1. The number of phenols is 1. The maximum Gasteiger partial charge on any atom is 0.327 e. The summed E-state index contributed by atoms with van der Waals surface area (Å²) in [5, 5.41) is 103. The Balaban J connectivity index is 0.00000386. The van der Waals surface area contributed by atoms with Crippen LogP contribution in [-0.4, -0.2) is 282 Å². The number of amides is 15. The molecule has 1 aromatic heterocycles. The quantitative estimate of drug-likeness (QED) is 0.0150. The first-order valence-corrected chi connectivity index (χ1v) is 45.5. The molecule has 0 spiro atoms. The zero-order chi connectivity index (χ0) is 100.0. The number of nitrogens with one attached hydrogen (secondary N) is 15. The van der Waals surface area contributed by atoms with E-state index in [1.807, 2.05) is 0 Å². The van der Waals surface area contributed by atoms with E-state index in [9.17, 15) is 87.9 Å². The first-order valence-electron chi connectivity index (χ1n) is 43.1. The van der Waals surface area contributed by atoms with Crippen molar-refractivity contribution in [2.75, 3.05) is 37.7 Å². The van der Waals surface area contributed by atoms with Crippen LogP contribution >= 0.6 is 21.6 Å². The van der Waals surface area contributed by atoms with Crippen LogP contribution in [0.5, 0.6) is 5.75 Å². The minimum absolute atomic E-state index is 0.00424. The molecule has 0 bridgehead atoms. The lowest BCUT2D eigenvalue weighted by molar-refractivity contribution is -0.142. The highest BCUT2D eigenvalue weighted by atomic mass is 33.1. The summed E-state index contributed by atoms with van der Waals surface area (Å²) in [4.78, 5) is 251. The number of aliphatic hydroxyl groups is 3. The molecule has 135 heavy (non-hydrogen) atoms. The third-order valence-corrected chi connectivity index (χ3v) is 22.8. The fraction of sp³-hybridized carbons (Fsp3) is 0.438. The number of hydrogen-bond donors (Lipinski definition) is 26. The fourth-order valence-electron chi connectivity index (χ4n) is 13.3. The number of aromatic amines is 1. The number of hydrogen-bond acceptors (Lipinski definition) is 27. The molecule has 0 aliphatic carbocycles. The van der Waals surface area contributed by atoms with E-state index in [0.29, 0.717) is 55.9 Å². The highest BCUT2D eigenvalue weighted by molar-refractivity contribution is 8.76. The average molecular weight is 1920 g/mol. The predicted octanol–water partition coefficient (Wildman–Crippen LogP) is -4.30. The van der Waals surface area contributed by atoms with E-state index in [2.05, 4.69) is 79.4 Å². The Kier molecular flexibility index (Phi) is 48.4. The first kappa shape index (κ1) is 112. The van der Waals surface area contributed by atoms with Crippen LogP contribution in [-0.2, 0) is 118 Å². The number of carboxylic acids is 3. The van der Waals surface area contributed by atoms with Crippen LogP contribution in [0.1, 0.15) is 107 Å². The molecule has 1 fully saturated rings. The molecule has 0 saturated carbocycles. The van der Waals surface area contributed by atoms with E-state index >= 15 is 14.4 Å². The van der Waals surface area contributed by atoms with Crippen LogP contribution in [0.2, 0.25) is 0 Å². The maximum absolute atomic E-state index is 15.5. The number of aliphatic carboxylic acids is 3. The molecule has 6 aromatic rings. The van der Waals surface area contributed by atoms with Crippen LogP contribution in [0.4, 0.5) is 0 Å². The zero-order valence-corrected chi connectivity index (χ0v) is 76.6. The minimum Gasteiger partial charge on any atom is -0.508 e. The Morgan fingerprint density at radius 1 is 0.452 bits per heavy atom. The Morgan fingerprint density at radius 3 is 1.29 bits per heavy atom. The Labute approximate surface area is 785 Å². The van der Waals surface area contributed by atoms with E-state index in [1.54, 1.807) is 134 Å². The highest BCUT2D eigenvalue weighted by Crippen LogP contribution is 2.25. The van der Waals surface area contributed by atoms with Gasteiger partial charge < -0.3 is 138 Å². The number of carbonyl (C=O) groups excluding carboxylic acids is 15.